The molecule has 1 fully saturated rings. The molecule has 1 aliphatic rings. The number of aryl methyl sites for hydroxylation is 1. The average Bonchev–Trinajstić information content (AvgIpc) is 2.41. The number of carbonyl (C=O) groups excluding carboxylic acids is 1. The van der Waals surface area contributed by atoms with Crippen LogP contribution in [0.1, 0.15) is 28.8 Å². The van der Waals surface area contributed by atoms with Gasteiger partial charge < -0.3 is 14.8 Å². The molecule has 0 bridgehead atoms. The number of carbonyl (C=O) groups is 1. The summed E-state index contributed by atoms with van der Waals surface area (Å²) in [5.41, 5.74) is 2.72. The lowest BCUT2D eigenvalue weighted by Crippen LogP contribution is -2.28. The Hall–Kier alpha value is -1.55. The van der Waals surface area contributed by atoms with Crippen molar-refractivity contribution in [2.24, 2.45) is 0 Å². The van der Waals surface area contributed by atoms with E-state index in [1.54, 1.807) is 6.07 Å². The number of methoxy groups -OCH3 is 1. The van der Waals surface area contributed by atoms with Crippen molar-refractivity contribution in [2.45, 2.75) is 25.8 Å². The minimum Gasteiger partial charge on any atom is -0.465 e. The summed E-state index contributed by atoms with van der Waals surface area (Å²) in [5.74, 6) is -0.301. The van der Waals surface area contributed by atoms with Gasteiger partial charge in [0.15, 0.2) is 0 Å². The minimum atomic E-state index is -0.301. The molecule has 18 heavy (non-hydrogen) atoms. The number of anilines is 1. The molecule has 0 radical (unpaired) electrons. The van der Waals surface area contributed by atoms with Crippen molar-refractivity contribution in [3.05, 3.63) is 29.3 Å². The van der Waals surface area contributed by atoms with Gasteiger partial charge in [-0.3, -0.25) is 0 Å². The monoisotopic (exact) mass is 249 g/mol. The molecule has 4 nitrogen and oxygen atoms in total. The zero-order chi connectivity index (χ0) is 13.0. The first-order valence-corrected chi connectivity index (χ1v) is 6.24. The molecule has 0 saturated carbocycles. The molecular weight excluding hydrogens is 230 g/mol. The Balaban J connectivity index is 2.12. The van der Waals surface area contributed by atoms with Gasteiger partial charge >= 0.3 is 5.97 Å². The second-order valence-electron chi connectivity index (χ2n) is 4.55. The molecule has 1 aromatic rings. The fourth-order valence-corrected chi connectivity index (χ4v) is 2.08. The summed E-state index contributed by atoms with van der Waals surface area (Å²) in [6.07, 6.45) is 2.00. The fraction of sp³-hybridized carbons (Fsp3) is 0.500. The summed E-state index contributed by atoms with van der Waals surface area (Å²) in [4.78, 5) is 11.5. The largest absolute Gasteiger partial charge is 0.465 e. The van der Waals surface area contributed by atoms with Crippen LogP contribution in [0.15, 0.2) is 18.2 Å². The van der Waals surface area contributed by atoms with E-state index in [0.29, 0.717) is 11.6 Å². The topological polar surface area (TPSA) is 47.6 Å². The van der Waals surface area contributed by atoms with Gasteiger partial charge in [-0.15, -0.1) is 0 Å². The Morgan fingerprint density at radius 1 is 1.39 bits per heavy atom. The molecule has 0 spiro atoms. The predicted octanol–water partition coefficient (Wildman–Crippen LogP) is 2.37. The van der Waals surface area contributed by atoms with Gasteiger partial charge in [-0.05, 0) is 37.5 Å². The number of benzene rings is 1. The van der Waals surface area contributed by atoms with Gasteiger partial charge in [0.2, 0.25) is 0 Å². The van der Waals surface area contributed by atoms with Crippen LogP contribution in [0.2, 0.25) is 0 Å². The maximum Gasteiger partial charge on any atom is 0.337 e. The maximum atomic E-state index is 11.5. The second-order valence-corrected chi connectivity index (χ2v) is 4.55. The molecule has 98 valence electrons. The smallest absolute Gasteiger partial charge is 0.337 e. The normalized spacial score (nSPS) is 16.3. The highest BCUT2D eigenvalue weighted by Crippen LogP contribution is 2.21. The quantitative estimate of drug-likeness (QED) is 0.835. The van der Waals surface area contributed by atoms with E-state index in [4.69, 9.17) is 9.47 Å². The van der Waals surface area contributed by atoms with Gasteiger partial charge in [-0.25, -0.2) is 4.79 Å². The van der Waals surface area contributed by atoms with Gasteiger partial charge in [0.25, 0.3) is 0 Å². The predicted molar refractivity (Wildman–Crippen MR) is 70.0 cm³/mol. The van der Waals surface area contributed by atoms with E-state index < -0.39 is 0 Å². The lowest BCUT2D eigenvalue weighted by Gasteiger charge is -2.25. The summed E-state index contributed by atoms with van der Waals surface area (Å²) in [6, 6.07) is 6.01. The third-order valence-corrected chi connectivity index (χ3v) is 3.24. The third-order valence-electron chi connectivity index (χ3n) is 3.24. The Bertz CT molecular complexity index is 425. The molecule has 1 aliphatic heterocycles. The third kappa shape index (κ3) is 3.01. The summed E-state index contributed by atoms with van der Waals surface area (Å²) in [7, 11) is 1.40. The molecule has 0 atom stereocenters. The zero-order valence-corrected chi connectivity index (χ0v) is 10.9. The van der Waals surface area contributed by atoms with Crippen LogP contribution in [0, 0.1) is 6.92 Å². The van der Waals surface area contributed by atoms with Crippen LogP contribution in [0.4, 0.5) is 5.69 Å². The van der Waals surface area contributed by atoms with Crippen molar-refractivity contribution in [1.29, 1.82) is 0 Å². The first-order chi connectivity index (χ1) is 8.70. The van der Waals surface area contributed by atoms with Crippen LogP contribution in [0.25, 0.3) is 0 Å². The number of hydrogen-bond donors (Lipinski definition) is 1. The molecule has 0 amide bonds. The molecule has 0 aromatic heterocycles. The minimum absolute atomic E-state index is 0.301. The van der Waals surface area contributed by atoms with Gasteiger partial charge in [0.05, 0.1) is 12.7 Å². The van der Waals surface area contributed by atoms with E-state index in [9.17, 15) is 4.79 Å². The van der Waals surface area contributed by atoms with Crippen LogP contribution in [-0.2, 0) is 9.47 Å². The molecule has 4 heteroatoms. The highest BCUT2D eigenvalue weighted by molar-refractivity contribution is 5.90. The average molecular weight is 249 g/mol. The van der Waals surface area contributed by atoms with Crippen LogP contribution < -0.4 is 5.32 Å². The van der Waals surface area contributed by atoms with Crippen molar-refractivity contribution in [2.75, 3.05) is 25.6 Å². The Morgan fingerprint density at radius 2 is 2.11 bits per heavy atom. The summed E-state index contributed by atoms with van der Waals surface area (Å²) in [5, 5.41) is 3.48. The van der Waals surface area contributed by atoms with E-state index in [0.717, 1.165) is 37.3 Å². The molecule has 2 rings (SSSR count). The summed E-state index contributed by atoms with van der Waals surface area (Å²) in [6.45, 7) is 3.63. The number of nitrogens with one attached hydrogen (secondary N) is 1. The van der Waals surface area contributed by atoms with Crippen molar-refractivity contribution in [1.82, 2.24) is 0 Å². The van der Waals surface area contributed by atoms with E-state index in [2.05, 4.69) is 5.32 Å². The number of esters is 1. The Labute approximate surface area is 107 Å². The van der Waals surface area contributed by atoms with Crippen molar-refractivity contribution >= 4 is 11.7 Å². The van der Waals surface area contributed by atoms with E-state index in [-0.39, 0.29) is 5.97 Å². The number of hydrogen-bond acceptors (Lipinski definition) is 4. The van der Waals surface area contributed by atoms with Crippen molar-refractivity contribution in [3.63, 3.8) is 0 Å². The van der Waals surface area contributed by atoms with Gasteiger partial charge in [-0.1, -0.05) is 6.07 Å². The molecular formula is C14H19NO3. The zero-order valence-electron chi connectivity index (χ0n) is 10.9. The van der Waals surface area contributed by atoms with E-state index in [1.165, 1.54) is 7.11 Å². The molecule has 0 aliphatic carbocycles. The molecule has 1 saturated heterocycles. The van der Waals surface area contributed by atoms with E-state index in [1.807, 2.05) is 19.1 Å². The number of ether oxygens (including phenoxy) is 2. The summed E-state index contributed by atoms with van der Waals surface area (Å²) >= 11 is 0. The summed E-state index contributed by atoms with van der Waals surface area (Å²) < 4.78 is 10.1. The van der Waals surface area contributed by atoms with Crippen LogP contribution in [-0.4, -0.2) is 32.3 Å². The van der Waals surface area contributed by atoms with Crippen LogP contribution >= 0.6 is 0 Å². The molecule has 0 unspecified atom stereocenters. The second kappa shape index (κ2) is 5.87. The highest BCUT2D eigenvalue weighted by Gasteiger charge is 2.15. The standard InChI is InChI=1S/C14H19NO3/c1-10-3-4-11(14(16)17-2)9-13(10)15-12-5-7-18-8-6-12/h3-4,9,12,15H,5-8H2,1-2H3. The van der Waals surface area contributed by atoms with Crippen LogP contribution in [0.3, 0.4) is 0 Å². The number of rotatable bonds is 3. The van der Waals surface area contributed by atoms with Crippen molar-refractivity contribution in [3.8, 4) is 0 Å². The van der Waals surface area contributed by atoms with Gasteiger partial charge in [0, 0.05) is 24.9 Å². The first-order valence-electron chi connectivity index (χ1n) is 6.24. The van der Waals surface area contributed by atoms with Gasteiger partial charge in [0.1, 0.15) is 0 Å². The molecule has 1 aromatic carbocycles. The SMILES string of the molecule is COC(=O)c1ccc(C)c(NC2CCOCC2)c1. The highest BCUT2D eigenvalue weighted by atomic mass is 16.5. The molecule has 1 heterocycles. The Kier molecular flexibility index (Phi) is 4.20. The Morgan fingerprint density at radius 3 is 2.78 bits per heavy atom. The van der Waals surface area contributed by atoms with Gasteiger partial charge in [-0.2, -0.15) is 0 Å². The molecule has 1 N–H and O–H groups in total. The maximum absolute atomic E-state index is 11.5. The first kappa shape index (κ1) is 12.9. The van der Waals surface area contributed by atoms with Crippen molar-refractivity contribution < 1.29 is 14.3 Å². The van der Waals surface area contributed by atoms with E-state index >= 15 is 0 Å². The van der Waals surface area contributed by atoms with Crippen LogP contribution in [0.5, 0.6) is 0 Å². The lowest BCUT2D eigenvalue weighted by molar-refractivity contribution is 0.0600. The lowest BCUT2D eigenvalue weighted by atomic mass is 10.1. The fourth-order valence-electron chi connectivity index (χ4n) is 2.08.